The highest BCUT2D eigenvalue weighted by Crippen LogP contribution is 2.11. The molecule has 4 nitrogen and oxygen atoms in total. The number of benzene rings is 1. The smallest absolute Gasteiger partial charge is 0.220 e. The molecule has 0 unspecified atom stereocenters. The number of hydrogen-bond acceptors (Lipinski definition) is 3. The van der Waals surface area contributed by atoms with Crippen LogP contribution < -0.4 is 15.8 Å². The molecule has 1 aromatic carbocycles. The van der Waals surface area contributed by atoms with Gasteiger partial charge in [0, 0.05) is 13.0 Å². The Morgan fingerprint density at radius 2 is 1.80 bits per heavy atom. The molecule has 3 N–H and O–H groups in total. The standard InChI is InChI=1S/C15H24N2O2.ClH/c1-19-14-9-7-13(8-10-14)12-17-15(18)6-4-2-3-5-11-16;/h7-10H,2-6,11-12,16H2,1H3,(H,17,18);1H. The molecule has 20 heavy (non-hydrogen) atoms. The van der Waals surface area contributed by atoms with Crippen molar-refractivity contribution in [1.29, 1.82) is 0 Å². The monoisotopic (exact) mass is 300 g/mol. The maximum atomic E-state index is 11.6. The van der Waals surface area contributed by atoms with Gasteiger partial charge in [-0.05, 0) is 37.1 Å². The fourth-order valence-corrected chi connectivity index (χ4v) is 1.82. The van der Waals surface area contributed by atoms with Crippen LogP contribution in [0.1, 0.15) is 37.7 Å². The third-order valence-electron chi connectivity index (χ3n) is 3.01. The minimum atomic E-state index is 0. The van der Waals surface area contributed by atoms with Gasteiger partial charge in [-0.2, -0.15) is 0 Å². The second-order valence-electron chi connectivity index (χ2n) is 4.58. The van der Waals surface area contributed by atoms with Crippen LogP contribution in [0.3, 0.4) is 0 Å². The summed E-state index contributed by atoms with van der Waals surface area (Å²) in [5.41, 5.74) is 6.50. The number of nitrogens with one attached hydrogen (secondary N) is 1. The zero-order valence-corrected chi connectivity index (χ0v) is 12.9. The van der Waals surface area contributed by atoms with Crippen LogP contribution in [0, 0.1) is 0 Å². The van der Waals surface area contributed by atoms with Gasteiger partial charge in [-0.3, -0.25) is 4.79 Å². The molecular weight excluding hydrogens is 276 g/mol. The Balaban J connectivity index is 0.00000361. The molecule has 0 aliphatic carbocycles. The first-order valence-electron chi connectivity index (χ1n) is 6.86. The molecule has 1 aromatic rings. The van der Waals surface area contributed by atoms with Crippen LogP contribution >= 0.6 is 12.4 Å². The van der Waals surface area contributed by atoms with Crippen LogP contribution in [0.2, 0.25) is 0 Å². The van der Waals surface area contributed by atoms with Crippen molar-refractivity contribution in [3.8, 4) is 5.75 Å². The van der Waals surface area contributed by atoms with Crippen molar-refractivity contribution >= 4 is 18.3 Å². The van der Waals surface area contributed by atoms with Gasteiger partial charge in [-0.15, -0.1) is 12.4 Å². The lowest BCUT2D eigenvalue weighted by molar-refractivity contribution is -0.121. The van der Waals surface area contributed by atoms with E-state index in [1.165, 1.54) is 0 Å². The number of unbranched alkanes of at least 4 members (excludes halogenated alkanes) is 3. The fourth-order valence-electron chi connectivity index (χ4n) is 1.82. The number of nitrogens with two attached hydrogens (primary N) is 1. The second kappa shape index (κ2) is 11.6. The van der Waals surface area contributed by atoms with Crippen molar-refractivity contribution in [3.63, 3.8) is 0 Å². The molecule has 0 saturated heterocycles. The van der Waals surface area contributed by atoms with Gasteiger partial charge in [0.05, 0.1) is 7.11 Å². The number of hydrogen-bond donors (Lipinski definition) is 2. The largest absolute Gasteiger partial charge is 0.497 e. The van der Waals surface area contributed by atoms with Crippen molar-refractivity contribution < 1.29 is 9.53 Å². The number of carbonyl (C=O) groups is 1. The topological polar surface area (TPSA) is 64.3 Å². The van der Waals surface area contributed by atoms with E-state index in [4.69, 9.17) is 10.5 Å². The van der Waals surface area contributed by atoms with Crippen molar-refractivity contribution in [3.05, 3.63) is 29.8 Å². The molecule has 0 atom stereocenters. The maximum Gasteiger partial charge on any atom is 0.220 e. The molecule has 5 heteroatoms. The van der Waals surface area contributed by atoms with Gasteiger partial charge < -0.3 is 15.8 Å². The fraction of sp³-hybridized carbons (Fsp3) is 0.533. The van der Waals surface area contributed by atoms with E-state index < -0.39 is 0 Å². The number of ether oxygens (including phenoxy) is 1. The molecule has 0 saturated carbocycles. The summed E-state index contributed by atoms with van der Waals surface area (Å²) in [6.07, 6.45) is 4.78. The second-order valence-corrected chi connectivity index (χ2v) is 4.58. The summed E-state index contributed by atoms with van der Waals surface area (Å²) in [4.78, 5) is 11.6. The Bertz CT molecular complexity index is 369. The van der Waals surface area contributed by atoms with Crippen LogP contribution in [-0.2, 0) is 11.3 Å². The van der Waals surface area contributed by atoms with E-state index >= 15 is 0 Å². The Labute approximate surface area is 127 Å². The Morgan fingerprint density at radius 3 is 2.40 bits per heavy atom. The van der Waals surface area contributed by atoms with Crippen molar-refractivity contribution in [2.75, 3.05) is 13.7 Å². The highest BCUT2D eigenvalue weighted by Gasteiger charge is 2.01. The van der Waals surface area contributed by atoms with E-state index in [0.29, 0.717) is 13.0 Å². The molecule has 0 spiro atoms. The zero-order chi connectivity index (χ0) is 13.9. The first kappa shape index (κ1) is 18.7. The quantitative estimate of drug-likeness (QED) is 0.689. The van der Waals surface area contributed by atoms with Gasteiger partial charge in [-0.1, -0.05) is 25.0 Å². The van der Waals surface area contributed by atoms with E-state index in [2.05, 4.69) is 5.32 Å². The Hall–Kier alpha value is -1.26. The van der Waals surface area contributed by atoms with Crippen LogP contribution in [0.15, 0.2) is 24.3 Å². The predicted molar refractivity (Wildman–Crippen MR) is 84.2 cm³/mol. The van der Waals surface area contributed by atoms with Gasteiger partial charge in [0.2, 0.25) is 5.91 Å². The first-order chi connectivity index (χ1) is 9.26. The molecule has 0 radical (unpaired) electrons. The number of halogens is 1. The van der Waals surface area contributed by atoms with Crippen molar-refractivity contribution in [2.45, 2.75) is 38.6 Å². The molecule has 0 heterocycles. The SMILES string of the molecule is COc1ccc(CNC(=O)CCCCCCN)cc1.Cl. The highest BCUT2D eigenvalue weighted by molar-refractivity contribution is 5.85. The van der Waals surface area contributed by atoms with E-state index in [1.807, 2.05) is 24.3 Å². The van der Waals surface area contributed by atoms with Gasteiger partial charge >= 0.3 is 0 Å². The predicted octanol–water partition coefficient (Wildman–Crippen LogP) is 2.64. The summed E-state index contributed by atoms with van der Waals surface area (Å²) < 4.78 is 5.08. The molecule has 0 bridgehead atoms. The average molecular weight is 301 g/mol. The number of rotatable bonds is 9. The summed E-state index contributed by atoms with van der Waals surface area (Å²) in [5.74, 6) is 0.943. The van der Waals surface area contributed by atoms with Crippen LogP contribution in [-0.4, -0.2) is 19.6 Å². The summed E-state index contributed by atoms with van der Waals surface area (Å²) >= 11 is 0. The molecule has 0 fully saturated rings. The van der Waals surface area contributed by atoms with E-state index in [9.17, 15) is 4.79 Å². The van der Waals surface area contributed by atoms with Gasteiger partial charge in [0.15, 0.2) is 0 Å². The maximum absolute atomic E-state index is 11.6. The lowest BCUT2D eigenvalue weighted by Gasteiger charge is -2.06. The Morgan fingerprint density at radius 1 is 1.15 bits per heavy atom. The summed E-state index contributed by atoms with van der Waals surface area (Å²) in [5, 5.41) is 2.92. The molecule has 0 aliphatic heterocycles. The van der Waals surface area contributed by atoms with Crippen LogP contribution in [0.25, 0.3) is 0 Å². The van der Waals surface area contributed by atoms with Crippen molar-refractivity contribution in [2.24, 2.45) is 5.73 Å². The van der Waals surface area contributed by atoms with Crippen molar-refractivity contribution in [1.82, 2.24) is 5.32 Å². The molecule has 1 amide bonds. The highest BCUT2D eigenvalue weighted by atomic mass is 35.5. The van der Waals surface area contributed by atoms with E-state index in [0.717, 1.165) is 43.5 Å². The summed E-state index contributed by atoms with van der Waals surface area (Å²) in [6.45, 7) is 1.31. The van der Waals surface area contributed by atoms with Gasteiger partial charge in [0.25, 0.3) is 0 Å². The number of carbonyl (C=O) groups excluding carboxylic acids is 1. The lowest BCUT2D eigenvalue weighted by atomic mass is 10.1. The average Bonchev–Trinajstić information content (AvgIpc) is 2.45. The molecule has 114 valence electrons. The van der Waals surface area contributed by atoms with Gasteiger partial charge in [-0.25, -0.2) is 0 Å². The number of methoxy groups -OCH3 is 1. The van der Waals surface area contributed by atoms with Crippen LogP contribution in [0.5, 0.6) is 5.75 Å². The lowest BCUT2D eigenvalue weighted by Crippen LogP contribution is -2.22. The third kappa shape index (κ3) is 8.02. The molecule has 0 aliphatic rings. The van der Waals surface area contributed by atoms with E-state index in [-0.39, 0.29) is 18.3 Å². The molecule has 1 rings (SSSR count). The van der Waals surface area contributed by atoms with Gasteiger partial charge in [0.1, 0.15) is 5.75 Å². The summed E-state index contributed by atoms with van der Waals surface area (Å²) in [7, 11) is 1.64. The number of amides is 1. The minimum absolute atomic E-state index is 0. The van der Waals surface area contributed by atoms with Crippen LogP contribution in [0.4, 0.5) is 0 Å². The molecular formula is C15H25ClN2O2. The first-order valence-corrected chi connectivity index (χ1v) is 6.86. The third-order valence-corrected chi connectivity index (χ3v) is 3.01. The molecule has 0 aromatic heterocycles. The zero-order valence-electron chi connectivity index (χ0n) is 12.1. The summed E-state index contributed by atoms with van der Waals surface area (Å²) in [6, 6.07) is 7.71. The minimum Gasteiger partial charge on any atom is -0.497 e. The van der Waals surface area contributed by atoms with E-state index in [1.54, 1.807) is 7.11 Å². The Kier molecular flexibility index (Phi) is 10.8. The normalized spacial score (nSPS) is 9.70.